The third kappa shape index (κ3) is 3.37. The molecule has 0 fully saturated rings. The van der Waals surface area contributed by atoms with Crippen LogP contribution in [0.25, 0.3) is 0 Å². The van der Waals surface area contributed by atoms with Gasteiger partial charge in [0.1, 0.15) is 0 Å². The zero-order valence-corrected chi connectivity index (χ0v) is 9.05. The SMILES string of the molecule is FC(F)(F)c1cc(Cl)ccc1C#CCS. The van der Waals surface area contributed by atoms with Gasteiger partial charge in [0.2, 0.25) is 0 Å². The van der Waals surface area contributed by atoms with Gasteiger partial charge in [-0.05, 0) is 18.2 Å². The molecule has 1 aromatic carbocycles. The van der Waals surface area contributed by atoms with E-state index in [0.29, 0.717) is 0 Å². The summed E-state index contributed by atoms with van der Waals surface area (Å²) in [6.07, 6.45) is -4.44. The zero-order valence-electron chi connectivity index (χ0n) is 7.40. The summed E-state index contributed by atoms with van der Waals surface area (Å²) in [7, 11) is 0. The number of hydrogen-bond acceptors (Lipinski definition) is 1. The van der Waals surface area contributed by atoms with Crippen LogP contribution in [-0.2, 0) is 6.18 Å². The molecule has 0 bridgehead atoms. The van der Waals surface area contributed by atoms with Crippen molar-refractivity contribution < 1.29 is 13.2 Å². The van der Waals surface area contributed by atoms with Crippen LogP contribution in [0.4, 0.5) is 13.2 Å². The molecule has 0 saturated heterocycles. The standard InChI is InChI=1S/C10H6ClF3S/c11-8-4-3-7(2-1-5-15)9(6-8)10(12,13)14/h3-4,6,15H,5H2. The molecule has 80 valence electrons. The molecule has 0 amide bonds. The molecule has 0 atom stereocenters. The topological polar surface area (TPSA) is 0 Å². The highest BCUT2D eigenvalue weighted by atomic mass is 35.5. The number of halogens is 4. The highest BCUT2D eigenvalue weighted by molar-refractivity contribution is 7.80. The molecule has 0 nitrogen and oxygen atoms in total. The maximum Gasteiger partial charge on any atom is 0.417 e. The normalized spacial score (nSPS) is 10.7. The van der Waals surface area contributed by atoms with Crippen LogP contribution < -0.4 is 0 Å². The first-order valence-corrected chi connectivity index (χ1v) is 4.92. The van der Waals surface area contributed by atoms with E-state index >= 15 is 0 Å². The van der Waals surface area contributed by atoms with Crippen LogP contribution >= 0.6 is 24.2 Å². The van der Waals surface area contributed by atoms with Gasteiger partial charge in [-0.2, -0.15) is 25.8 Å². The van der Waals surface area contributed by atoms with E-state index in [1.54, 1.807) is 0 Å². The summed E-state index contributed by atoms with van der Waals surface area (Å²) < 4.78 is 37.5. The van der Waals surface area contributed by atoms with Gasteiger partial charge in [0.15, 0.2) is 0 Å². The third-order valence-corrected chi connectivity index (χ3v) is 1.98. The Morgan fingerprint density at radius 1 is 1.33 bits per heavy atom. The first kappa shape index (κ1) is 12.3. The fourth-order valence-electron chi connectivity index (χ4n) is 0.995. The van der Waals surface area contributed by atoms with Gasteiger partial charge in [-0.25, -0.2) is 0 Å². The molecule has 0 aliphatic carbocycles. The molecule has 0 aliphatic rings. The Balaban J connectivity index is 3.27. The predicted octanol–water partition coefficient (Wildman–Crippen LogP) is 3.64. The molecule has 0 spiro atoms. The van der Waals surface area contributed by atoms with Crippen molar-refractivity contribution in [1.29, 1.82) is 0 Å². The second kappa shape index (κ2) is 4.82. The van der Waals surface area contributed by atoms with Gasteiger partial charge in [0.05, 0.1) is 11.3 Å². The van der Waals surface area contributed by atoms with Crippen molar-refractivity contribution in [2.75, 3.05) is 5.75 Å². The lowest BCUT2D eigenvalue weighted by Gasteiger charge is -2.09. The van der Waals surface area contributed by atoms with E-state index < -0.39 is 11.7 Å². The highest BCUT2D eigenvalue weighted by Crippen LogP contribution is 2.33. The fraction of sp³-hybridized carbons (Fsp3) is 0.200. The van der Waals surface area contributed by atoms with Crippen LogP contribution in [0.2, 0.25) is 5.02 Å². The summed E-state index contributed by atoms with van der Waals surface area (Å²) in [5.41, 5.74) is -0.898. The van der Waals surface area contributed by atoms with Gasteiger partial charge in [0, 0.05) is 10.6 Å². The highest BCUT2D eigenvalue weighted by Gasteiger charge is 2.33. The van der Waals surface area contributed by atoms with E-state index in [0.717, 1.165) is 6.07 Å². The van der Waals surface area contributed by atoms with Crippen molar-refractivity contribution in [2.45, 2.75) is 6.18 Å². The van der Waals surface area contributed by atoms with Crippen LogP contribution in [0.1, 0.15) is 11.1 Å². The Labute approximate surface area is 95.8 Å². The van der Waals surface area contributed by atoms with Crippen molar-refractivity contribution in [3.8, 4) is 11.8 Å². The molecule has 0 aromatic heterocycles. The maximum absolute atomic E-state index is 12.5. The molecule has 0 aliphatic heterocycles. The molecule has 0 saturated carbocycles. The molecular weight excluding hydrogens is 245 g/mol. The Bertz CT molecular complexity index is 415. The lowest BCUT2D eigenvalue weighted by atomic mass is 10.1. The number of benzene rings is 1. The van der Waals surface area contributed by atoms with E-state index in [9.17, 15) is 13.2 Å². The van der Waals surface area contributed by atoms with Gasteiger partial charge in [-0.1, -0.05) is 23.4 Å². The number of rotatable bonds is 0. The lowest BCUT2D eigenvalue weighted by Crippen LogP contribution is -2.07. The van der Waals surface area contributed by atoms with Crippen molar-refractivity contribution >= 4 is 24.2 Å². The smallest absolute Gasteiger partial charge is 0.166 e. The zero-order chi connectivity index (χ0) is 11.5. The van der Waals surface area contributed by atoms with Crippen LogP contribution in [0.15, 0.2) is 18.2 Å². The Morgan fingerprint density at radius 3 is 2.53 bits per heavy atom. The van der Waals surface area contributed by atoms with Crippen molar-refractivity contribution in [3.05, 3.63) is 34.3 Å². The van der Waals surface area contributed by atoms with Crippen LogP contribution in [0.5, 0.6) is 0 Å². The third-order valence-electron chi connectivity index (χ3n) is 1.59. The molecule has 0 N–H and O–H groups in total. The molecule has 0 unspecified atom stereocenters. The van der Waals surface area contributed by atoms with Crippen molar-refractivity contribution in [3.63, 3.8) is 0 Å². The largest absolute Gasteiger partial charge is 0.417 e. The summed E-state index contributed by atoms with van der Waals surface area (Å²) in [4.78, 5) is 0. The first-order chi connectivity index (χ1) is 6.95. The Hall–Kier alpha value is -0.790. The monoisotopic (exact) mass is 250 g/mol. The van der Waals surface area contributed by atoms with Gasteiger partial charge in [-0.3, -0.25) is 0 Å². The molecule has 5 heteroatoms. The minimum Gasteiger partial charge on any atom is -0.166 e. The first-order valence-electron chi connectivity index (χ1n) is 3.91. The fourth-order valence-corrected chi connectivity index (χ4v) is 1.25. The molecule has 0 heterocycles. The number of alkyl halides is 3. The van der Waals surface area contributed by atoms with E-state index in [1.165, 1.54) is 12.1 Å². The van der Waals surface area contributed by atoms with Gasteiger partial charge in [-0.15, -0.1) is 0 Å². The molecule has 1 aromatic rings. The van der Waals surface area contributed by atoms with Gasteiger partial charge < -0.3 is 0 Å². The summed E-state index contributed by atoms with van der Waals surface area (Å²) in [6, 6.07) is 3.49. The summed E-state index contributed by atoms with van der Waals surface area (Å²) in [6.45, 7) is 0. The van der Waals surface area contributed by atoms with Crippen LogP contribution in [0, 0.1) is 11.8 Å². The Morgan fingerprint density at radius 2 is 2.00 bits per heavy atom. The molecular formula is C10H6ClF3S. The average molecular weight is 251 g/mol. The number of hydrogen-bond donors (Lipinski definition) is 1. The van der Waals surface area contributed by atoms with E-state index in [2.05, 4.69) is 24.5 Å². The number of thiol groups is 1. The maximum atomic E-state index is 12.5. The molecule has 1 rings (SSSR count). The minimum atomic E-state index is -4.44. The van der Waals surface area contributed by atoms with Crippen molar-refractivity contribution in [2.24, 2.45) is 0 Å². The molecule has 0 radical (unpaired) electrons. The quantitative estimate of drug-likeness (QED) is 0.527. The Kier molecular flexibility index (Phi) is 3.95. The van der Waals surface area contributed by atoms with Crippen molar-refractivity contribution in [1.82, 2.24) is 0 Å². The summed E-state index contributed by atoms with van der Waals surface area (Å²) in [5, 5.41) is 0.0405. The van der Waals surface area contributed by atoms with Crippen LogP contribution in [-0.4, -0.2) is 5.75 Å². The predicted molar refractivity (Wildman–Crippen MR) is 57.2 cm³/mol. The second-order valence-electron chi connectivity index (χ2n) is 2.65. The van der Waals surface area contributed by atoms with E-state index in [4.69, 9.17) is 11.6 Å². The lowest BCUT2D eigenvalue weighted by molar-refractivity contribution is -0.137. The van der Waals surface area contributed by atoms with E-state index in [-0.39, 0.29) is 16.3 Å². The minimum absolute atomic E-state index is 0.0405. The van der Waals surface area contributed by atoms with Gasteiger partial charge in [0.25, 0.3) is 0 Å². The van der Waals surface area contributed by atoms with Crippen LogP contribution in [0.3, 0.4) is 0 Å². The van der Waals surface area contributed by atoms with Gasteiger partial charge >= 0.3 is 6.18 Å². The molecule has 15 heavy (non-hydrogen) atoms. The average Bonchev–Trinajstić information content (AvgIpc) is 2.14. The summed E-state index contributed by atoms with van der Waals surface area (Å²) >= 11 is 9.29. The summed E-state index contributed by atoms with van der Waals surface area (Å²) in [5.74, 6) is 5.07. The second-order valence-corrected chi connectivity index (χ2v) is 3.40. The van der Waals surface area contributed by atoms with E-state index in [1.807, 2.05) is 0 Å².